The van der Waals surface area contributed by atoms with Crippen molar-refractivity contribution in [2.75, 3.05) is 11.9 Å². The summed E-state index contributed by atoms with van der Waals surface area (Å²) in [6.45, 7) is 3.84. The van der Waals surface area contributed by atoms with Crippen LogP contribution in [0.1, 0.15) is 36.0 Å². The fourth-order valence-corrected chi connectivity index (χ4v) is 5.55. The quantitative estimate of drug-likeness (QED) is 0.545. The Bertz CT molecular complexity index is 1450. The topological polar surface area (TPSA) is 122 Å². The van der Waals surface area contributed by atoms with Gasteiger partial charge in [0.15, 0.2) is 17.3 Å². The number of allylic oxidation sites excluding steroid dienone is 1. The number of aryl methyl sites for hydroxylation is 2. The third-order valence-corrected chi connectivity index (χ3v) is 6.99. The van der Waals surface area contributed by atoms with E-state index in [0.717, 1.165) is 36.0 Å². The fourth-order valence-electron chi connectivity index (χ4n) is 5.55. The van der Waals surface area contributed by atoms with Gasteiger partial charge in [-0.1, -0.05) is 0 Å². The number of benzene rings is 1. The number of alkyl halides is 1. The molecule has 35 heavy (non-hydrogen) atoms. The van der Waals surface area contributed by atoms with E-state index in [9.17, 15) is 9.65 Å². The molecule has 1 aromatic carbocycles. The Balaban J connectivity index is 1.42. The highest BCUT2D eigenvalue weighted by Gasteiger charge is 2.69. The molecule has 2 aromatic heterocycles. The normalized spacial score (nSPS) is 26.1. The van der Waals surface area contributed by atoms with Crippen molar-refractivity contribution in [3.8, 4) is 29.8 Å². The fraction of sp³-hybridized carbons (Fsp3) is 0.400. The van der Waals surface area contributed by atoms with Gasteiger partial charge < -0.3 is 14.8 Å². The first-order valence-corrected chi connectivity index (χ1v) is 11.4. The zero-order chi connectivity index (χ0) is 24.4. The second-order valence-electron chi connectivity index (χ2n) is 9.81. The summed E-state index contributed by atoms with van der Waals surface area (Å²) in [7, 11) is 0. The molecule has 1 N–H and O–H groups in total. The Morgan fingerprint density at radius 1 is 1.20 bits per heavy atom. The second-order valence-corrected chi connectivity index (χ2v) is 9.81. The molecule has 0 amide bonds. The van der Waals surface area contributed by atoms with Crippen LogP contribution in [0.3, 0.4) is 0 Å². The summed E-state index contributed by atoms with van der Waals surface area (Å²) in [6.07, 6.45) is 4.26. The number of halogens is 1. The highest BCUT2D eigenvalue weighted by molar-refractivity contribution is 5.80. The van der Waals surface area contributed by atoms with Crippen LogP contribution in [-0.2, 0) is 6.54 Å². The molecule has 176 valence electrons. The molecule has 1 unspecified atom stereocenters. The second kappa shape index (κ2) is 7.41. The SMILES string of the molecule is Cc1cc(/C=C/C#N)cc(C)c1Oc1nc(NC23CC(C#N)(C2)C3)nc2nc3n(c12)CC(F)CO3. The van der Waals surface area contributed by atoms with E-state index in [2.05, 4.69) is 26.3 Å². The maximum Gasteiger partial charge on any atom is 0.299 e. The molecule has 3 heterocycles. The third kappa shape index (κ3) is 3.36. The lowest BCUT2D eigenvalue weighted by Gasteiger charge is -2.66. The van der Waals surface area contributed by atoms with Crippen molar-refractivity contribution in [3.63, 3.8) is 0 Å². The summed E-state index contributed by atoms with van der Waals surface area (Å²) in [5.41, 5.74) is 3.02. The average Bonchev–Trinajstić information content (AvgIpc) is 3.13. The standard InChI is InChI=1S/C25H22FN7O2/c1-14-6-16(4-3-5-27)7-15(2)19(14)35-21-18-20(30-23-33(18)8-17(26)9-34-23)29-22(31-21)32-25-10-24(11-25,12-25)13-28/h3-4,6-7,17H,8-12H2,1-2H3,(H,29,31,32)/b4-3+. The molecule has 1 aliphatic heterocycles. The smallest absolute Gasteiger partial charge is 0.299 e. The van der Waals surface area contributed by atoms with Crippen molar-refractivity contribution in [2.45, 2.75) is 51.4 Å². The van der Waals surface area contributed by atoms with Crippen molar-refractivity contribution in [2.24, 2.45) is 5.41 Å². The molecule has 0 saturated heterocycles. The molecule has 9 nitrogen and oxygen atoms in total. The summed E-state index contributed by atoms with van der Waals surface area (Å²) in [4.78, 5) is 13.7. The van der Waals surface area contributed by atoms with Crippen LogP contribution in [0.2, 0.25) is 0 Å². The van der Waals surface area contributed by atoms with Gasteiger partial charge in [0, 0.05) is 11.6 Å². The molecule has 3 saturated carbocycles. The Labute approximate surface area is 200 Å². The predicted octanol–water partition coefficient (Wildman–Crippen LogP) is 4.36. The van der Waals surface area contributed by atoms with Gasteiger partial charge in [-0.3, -0.25) is 4.57 Å². The summed E-state index contributed by atoms with van der Waals surface area (Å²) >= 11 is 0. The largest absolute Gasteiger partial charge is 0.461 e. The van der Waals surface area contributed by atoms with Crippen LogP contribution in [0.4, 0.5) is 10.3 Å². The van der Waals surface area contributed by atoms with E-state index in [4.69, 9.17) is 14.7 Å². The van der Waals surface area contributed by atoms with Crippen molar-refractivity contribution in [1.29, 1.82) is 10.5 Å². The van der Waals surface area contributed by atoms with Crippen molar-refractivity contribution in [3.05, 3.63) is 34.9 Å². The molecule has 3 fully saturated rings. The minimum Gasteiger partial charge on any atom is -0.461 e. The van der Waals surface area contributed by atoms with Gasteiger partial charge in [-0.15, -0.1) is 0 Å². The molecule has 3 aliphatic carbocycles. The van der Waals surface area contributed by atoms with Crippen LogP contribution in [0, 0.1) is 41.9 Å². The first-order chi connectivity index (χ1) is 16.8. The summed E-state index contributed by atoms with van der Waals surface area (Å²) in [5, 5.41) is 21.6. The number of rotatable bonds is 5. The lowest BCUT2D eigenvalue weighted by Crippen LogP contribution is -2.70. The number of anilines is 1. The number of nitrogens with one attached hydrogen (secondary N) is 1. The predicted molar refractivity (Wildman–Crippen MR) is 125 cm³/mol. The number of fused-ring (bicyclic) bond motifs is 3. The maximum absolute atomic E-state index is 14.2. The Morgan fingerprint density at radius 3 is 2.63 bits per heavy atom. The highest BCUT2D eigenvalue weighted by Crippen LogP contribution is 2.67. The molecule has 1 atom stereocenters. The Hall–Kier alpha value is -4.18. The number of hydrogen-bond acceptors (Lipinski definition) is 8. The average molecular weight is 471 g/mol. The van der Waals surface area contributed by atoms with E-state index in [1.165, 1.54) is 6.08 Å². The Morgan fingerprint density at radius 2 is 1.94 bits per heavy atom. The van der Waals surface area contributed by atoms with Gasteiger partial charge >= 0.3 is 0 Å². The van der Waals surface area contributed by atoms with E-state index < -0.39 is 6.17 Å². The van der Waals surface area contributed by atoms with Gasteiger partial charge in [-0.2, -0.15) is 25.5 Å². The molecule has 10 heteroatoms. The number of nitriles is 2. The molecule has 0 radical (unpaired) electrons. The van der Waals surface area contributed by atoms with Crippen LogP contribution in [0.5, 0.6) is 17.6 Å². The highest BCUT2D eigenvalue weighted by atomic mass is 19.1. The van der Waals surface area contributed by atoms with Crippen LogP contribution in [0.25, 0.3) is 17.2 Å². The van der Waals surface area contributed by atoms with E-state index in [-0.39, 0.29) is 36.0 Å². The number of nitrogens with zero attached hydrogens (tertiary/aromatic N) is 6. The zero-order valence-corrected chi connectivity index (χ0v) is 19.3. The summed E-state index contributed by atoms with van der Waals surface area (Å²) in [6, 6.07) is 8.52. The molecule has 2 bridgehead atoms. The van der Waals surface area contributed by atoms with Gasteiger partial charge in [-0.25, -0.2) is 4.39 Å². The van der Waals surface area contributed by atoms with E-state index in [1.54, 1.807) is 10.6 Å². The molecule has 7 rings (SSSR count). The van der Waals surface area contributed by atoms with Crippen molar-refractivity contribution >= 4 is 23.2 Å². The maximum atomic E-state index is 14.2. The number of ether oxygens (including phenoxy) is 2. The van der Waals surface area contributed by atoms with Crippen LogP contribution < -0.4 is 14.8 Å². The van der Waals surface area contributed by atoms with Crippen molar-refractivity contribution in [1.82, 2.24) is 19.5 Å². The van der Waals surface area contributed by atoms with Gasteiger partial charge in [0.05, 0.1) is 24.1 Å². The van der Waals surface area contributed by atoms with E-state index >= 15 is 0 Å². The number of hydrogen-bond donors (Lipinski definition) is 1. The van der Waals surface area contributed by atoms with Gasteiger partial charge in [0.25, 0.3) is 11.9 Å². The minimum atomic E-state index is -1.18. The van der Waals surface area contributed by atoms with Crippen molar-refractivity contribution < 1.29 is 13.9 Å². The summed E-state index contributed by atoms with van der Waals surface area (Å²) < 4.78 is 27.7. The minimum absolute atomic E-state index is 0.0622. The first kappa shape index (κ1) is 21.4. The monoisotopic (exact) mass is 471 g/mol. The van der Waals surface area contributed by atoms with Gasteiger partial charge in [-0.05, 0) is 68.0 Å². The Kier molecular flexibility index (Phi) is 4.52. The van der Waals surface area contributed by atoms with Crippen LogP contribution in [-0.4, -0.2) is 37.8 Å². The first-order valence-electron chi connectivity index (χ1n) is 11.4. The van der Waals surface area contributed by atoms with Crippen LogP contribution >= 0.6 is 0 Å². The zero-order valence-electron chi connectivity index (χ0n) is 19.3. The van der Waals surface area contributed by atoms with Gasteiger partial charge in [0.2, 0.25) is 5.95 Å². The lowest BCUT2D eigenvalue weighted by molar-refractivity contribution is -0.0665. The number of imidazole rings is 1. The summed E-state index contributed by atoms with van der Waals surface area (Å²) in [5.74, 6) is 1.22. The molecular weight excluding hydrogens is 449 g/mol. The van der Waals surface area contributed by atoms with E-state index in [1.807, 2.05) is 32.0 Å². The van der Waals surface area contributed by atoms with E-state index in [0.29, 0.717) is 22.9 Å². The number of aromatic nitrogens is 4. The molecule has 3 aromatic rings. The molecular formula is C25H22FN7O2. The van der Waals surface area contributed by atoms with Gasteiger partial charge in [0.1, 0.15) is 12.4 Å². The lowest BCUT2D eigenvalue weighted by atomic mass is 9.40. The molecule has 0 spiro atoms. The van der Waals surface area contributed by atoms with Crippen LogP contribution in [0.15, 0.2) is 18.2 Å². The third-order valence-electron chi connectivity index (χ3n) is 6.99. The molecule has 4 aliphatic rings.